The molecule has 0 aromatic heterocycles. The van der Waals surface area contributed by atoms with Crippen molar-refractivity contribution < 1.29 is 24.2 Å². The summed E-state index contributed by atoms with van der Waals surface area (Å²) in [6.45, 7) is 4.11. The lowest BCUT2D eigenvalue weighted by atomic mass is 9.82. The Balaban J connectivity index is 2.68. The van der Waals surface area contributed by atoms with Crippen molar-refractivity contribution in [2.24, 2.45) is 5.41 Å². The zero-order valence-electron chi connectivity index (χ0n) is 12.8. The number of carbonyl (C=O) groups is 3. The summed E-state index contributed by atoms with van der Waals surface area (Å²) in [5, 5.41) is 12.0. The summed E-state index contributed by atoms with van der Waals surface area (Å²) >= 11 is 0. The number of nitrogens with zero attached hydrogens (tertiary/aromatic N) is 1. The third-order valence-corrected chi connectivity index (χ3v) is 4.37. The number of ether oxygens (including phenoxy) is 1. The second-order valence-electron chi connectivity index (χ2n) is 5.33. The van der Waals surface area contributed by atoms with Crippen molar-refractivity contribution in [2.75, 3.05) is 20.2 Å². The number of urea groups is 1. The Morgan fingerprint density at radius 2 is 1.95 bits per heavy atom. The van der Waals surface area contributed by atoms with Crippen molar-refractivity contribution in [3.05, 3.63) is 0 Å². The smallest absolute Gasteiger partial charge is 0.328 e. The standard InChI is InChI=1S/C14H24N2O5/c1-4-14(5-2,12(18)19)9-15-13(20)16-8-6-7-10(16)11(17)21-3/h10H,4-9H2,1-3H3,(H,15,20)(H,18,19). The van der Waals surface area contributed by atoms with Gasteiger partial charge >= 0.3 is 18.0 Å². The van der Waals surface area contributed by atoms with Crippen molar-refractivity contribution in [3.63, 3.8) is 0 Å². The molecule has 1 atom stereocenters. The van der Waals surface area contributed by atoms with E-state index in [1.165, 1.54) is 12.0 Å². The largest absolute Gasteiger partial charge is 0.481 e. The van der Waals surface area contributed by atoms with Gasteiger partial charge in [-0.25, -0.2) is 9.59 Å². The second-order valence-corrected chi connectivity index (χ2v) is 5.33. The first kappa shape index (κ1) is 17.3. The van der Waals surface area contributed by atoms with Gasteiger partial charge in [0.1, 0.15) is 6.04 Å². The number of likely N-dealkylation sites (tertiary alicyclic amines) is 1. The maximum atomic E-state index is 12.2. The quantitative estimate of drug-likeness (QED) is 0.719. The Morgan fingerprint density at radius 3 is 2.43 bits per heavy atom. The summed E-state index contributed by atoms with van der Waals surface area (Å²) in [4.78, 5) is 36.6. The van der Waals surface area contributed by atoms with Crippen LogP contribution in [0, 0.1) is 5.41 Å². The van der Waals surface area contributed by atoms with Gasteiger partial charge in [-0.1, -0.05) is 13.8 Å². The normalized spacial score (nSPS) is 18.4. The van der Waals surface area contributed by atoms with Crippen molar-refractivity contribution in [2.45, 2.75) is 45.6 Å². The Labute approximate surface area is 124 Å². The summed E-state index contributed by atoms with van der Waals surface area (Å²) in [5.74, 6) is -1.35. The Hall–Kier alpha value is -1.79. The van der Waals surface area contributed by atoms with E-state index in [-0.39, 0.29) is 6.54 Å². The lowest BCUT2D eigenvalue weighted by Crippen LogP contribution is -2.50. The first-order chi connectivity index (χ1) is 9.91. The highest BCUT2D eigenvalue weighted by molar-refractivity contribution is 5.84. The molecular weight excluding hydrogens is 276 g/mol. The predicted molar refractivity (Wildman–Crippen MR) is 75.8 cm³/mol. The number of carbonyl (C=O) groups excluding carboxylic acids is 2. The summed E-state index contributed by atoms with van der Waals surface area (Å²) in [5.41, 5.74) is -0.962. The molecule has 0 spiro atoms. The van der Waals surface area contributed by atoms with Gasteiger partial charge < -0.3 is 20.1 Å². The molecule has 1 unspecified atom stereocenters. The zero-order valence-corrected chi connectivity index (χ0v) is 12.8. The number of rotatable bonds is 6. The number of amides is 2. The third-order valence-electron chi connectivity index (χ3n) is 4.37. The minimum Gasteiger partial charge on any atom is -0.481 e. The van der Waals surface area contributed by atoms with E-state index in [4.69, 9.17) is 0 Å². The van der Waals surface area contributed by atoms with E-state index >= 15 is 0 Å². The Morgan fingerprint density at radius 1 is 1.33 bits per heavy atom. The summed E-state index contributed by atoms with van der Waals surface area (Å²) in [6, 6.07) is -0.979. The van der Waals surface area contributed by atoms with E-state index in [0.717, 1.165) is 6.42 Å². The van der Waals surface area contributed by atoms with Gasteiger partial charge in [0.15, 0.2) is 0 Å². The van der Waals surface area contributed by atoms with Crippen LogP contribution in [0.2, 0.25) is 0 Å². The molecule has 1 fully saturated rings. The van der Waals surface area contributed by atoms with Crippen molar-refractivity contribution >= 4 is 18.0 Å². The van der Waals surface area contributed by atoms with Gasteiger partial charge in [0.25, 0.3) is 0 Å². The van der Waals surface area contributed by atoms with Crippen LogP contribution in [-0.2, 0) is 14.3 Å². The van der Waals surface area contributed by atoms with E-state index in [0.29, 0.717) is 25.8 Å². The molecule has 0 aromatic rings. The fourth-order valence-corrected chi connectivity index (χ4v) is 2.62. The van der Waals surface area contributed by atoms with Gasteiger partial charge in [0.05, 0.1) is 12.5 Å². The topological polar surface area (TPSA) is 95.9 Å². The highest BCUT2D eigenvalue weighted by atomic mass is 16.5. The van der Waals surface area contributed by atoms with Crippen molar-refractivity contribution in [1.82, 2.24) is 10.2 Å². The second kappa shape index (κ2) is 7.28. The summed E-state index contributed by atoms with van der Waals surface area (Å²) in [7, 11) is 1.29. The summed E-state index contributed by atoms with van der Waals surface area (Å²) in [6.07, 6.45) is 2.17. The average Bonchev–Trinajstić information content (AvgIpc) is 2.97. The van der Waals surface area contributed by atoms with Gasteiger partial charge in [-0.05, 0) is 25.7 Å². The molecule has 1 saturated heterocycles. The number of carboxylic acids is 1. The van der Waals surface area contributed by atoms with Crippen molar-refractivity contribution in [3.8, 4) is 0 Å². The third kappa shape index (κ3) is 3.65. The van der Waals surface area contributed by atoms with Crippen molar-refractivity contribution in [1.29, 1.82) is 0 Å². The van der Waals surface area contributed by atoms with Crippen LogP contribution in [0.25, 0.3) is 0 Å². The molecule has 1 aliphatic heterocycles. The fourth-order valence-electron chi connectivity index (χ4n) is 2.62. The number of nitrogens with one attached hydrogen (secondary N) is 1. The van der Waals surface area contributed by atoms with Crippen LogP contribution in [-0.4, -0.2) is 54.2 Å². The molecule has 120 valence electrons. The minimum absolute atomic E-state index is 0.0541. The highest BCUT2D eigenvalue weighted by Crippen LogP contribution is 2.26. The molecule has 7 nitrogen and oxygen atoms in total. The van der Waals surface area contributed by atoms with Crippen LogP contribution in [0.5, 0.6) is 0 Å². The lowest BCUT2D eigenvalue weighted by Gasteiger charge is -2.29. The van der Waals surface area contributed by atoms with Crippen LogP contribution >= 0.6 is 0 Å². The molecule has 21 heavy (non-hydrogen) atoms. The van der Waals surface area contributed by atoms with Crippen LogP contribution in [0.15, 0.2) is 0 Å². The van der Waals surface area contributed by atoms with E-state index in [1.807, 2.05) is 0 Å². The number of hydrogen-bond donors (Lipinski definition) is 2. The fraction of sp³-hybridized carbons (Fsp3) is 0.786. The summed E-state index contributed by atoms with van der Waals surface area (Å²) < 4.78 is 4.69. The highest BCUT2D eigenvalue weighted by Gasteiger charge is 2.38. The number of hydrogen-bond acceptors (Lipinski definition) is 4. The molecule has 0 radical (unpaired) electrons. The molecule has 7 heteroatoms. The maximum Gasteiger partial charge on any atom is 0.328 e. The van der Waals surface area contributed by atoms with Gasteiger partial charge in [-0.2, -0.15) is 0 Å². The van der Waals surface area contributed by atoms with Gasteiger partial charge in [0, 0.05) is 13.1 Å². The van der Waals surface area contributed by atoms with Crippen LogP contribution in [0.3, 0.4) is 0 Å². The monoisotopic (exact) mass is 300 g/mol. The molecule has 2 amide bonds. The molecule has 2 N–H and O–H groups in total. The van der Waals surface area contributed by atoms with E-state index in [1.54, 1.807) is 13.8 Å². The predicted octanol–water partition coefficient (Wildman–Crippen LogP) is 1.22. The van der Waals surface area contributed by atoms with Gasteiger partial charge in [-0.3, -0.25) is 4.79 Å². The molecule has 0 aromatic carbocycles. The number of aliphatic carboxylic acids is 1. The maximum absolute atomic E-state index is 12.2. The molecule has 1 aliphatic rings. The van der Waals surface area contributed by atoms with Crippen LogP contribution < -0.4 is 5.32 Å². The first-order valence-electron chi connectivity index (χ1n) is 7.27. The van der Waals surface area contributed by atoms with Gasteiger partial charge in [0.2, 0.25) is 0 Å². The molecule has 1 heterocycles. The van der Waals surface area contributed by atoms with Crippen LogP contribution in [0.4, 0.5) is 4.79 Å². The zero-order chi connectivity index (χ0) is 16.0. The molecule has 0 bridgehead atoms. The molecule has 0 saturated carbocycles. The Kier molecular flexibility index (Phi) is 5.99. The molecule has 1 rings (SSSR count). The van der Waals surface area contributed by atoms with Crippen LogP contribution in [0.1, 0.15) is 39.5 Å². The van der Waals surface area contributed by atoms with Gasteiger partial charge in [-0.15, -0.1) is 0 Å². The van der Waals surface area contributed by atoms with E-state index in [9.17, 15) is 19.5 Å². The molecule has 0 aliphatic carbocycles. The number of carboxylic acid groups (broad SMARTS) is 1. The SMILES string of the molecule is CCC(CC)(CNC(=O)N1CCCC1C(=O)OC)C(=O)O. The average molecular weight is 300 g/mol. The Bertz CT molecular complexity index is 406. The molecular formula is C14H24N2O5. The first-order valence-corrected chi connectivity index (χ1v) is 7.27. The van der Waals surface area contributed by atoms with E-state index < -0.39 is 29.4 Å². The number of esters is 1. The van der Waals surface area contributed by atoms with E-state index in [2.05, 4.69) is 10.1 Å². The number of methoxy groups -OCH3 is 1. The lowest BCUT2D eigenvalue weighted by molar-refractivity contribution is -0.149. The minimum atomic E-state index is -0.962.